The van der Waals surface area contributed by atoms with Gasteiger partial charge >= 0.3 is 0 Å². The minimum Gasteiger partial charge on any atom is -0.454 e. The summed E-state index contributed by atoms with van der Waals surface area (Å²) in [5.74, 6) is 2.32. The molecule has 7 nitrogen and oxygen atoms in total. The summed E-state index contributed by atoms with van der Waals surface area (Å²) in [6.07, 6.45) is 1.91. The van der Waals surface area contributed by atoms with Crippen molar-refractivity contribution in [1.82, 2.24) is 20.0 Å². The van der Waals surface area contributed by atoms with Crippen molar-refractivity contribution in [2.75, 3.05) is 6.79 Å². The summed E-state index contributed by atoms with van der Waals surface area (Å²) in [7, 11) is 0. The number of aromatic nitrogens is 4. The topological polar surface area (TPSA) is 75.2 Å². The molecule has 1 aliphatic rings. The first-order valence-corrected chi connectivity index (χ1v) is 7.02. The maximum absolute atomic E-state index is 5.78. The van der Waals surface area contributed by atoms with Gasteiger partial charge in [0.1, 0.15) is 0 Å². The monoisotopic (exact) mass is 298 g/mol. The highest BCUT2D eigenvalue weighted by Gasteiger charge is 2.18. The van der Waals surface area contributed by atoms with Gasteiger partial charge in [0.25, 0.3) is 5.89 Å². The number of ether oxygens (including phenoxy) is 2. The van der Waals surface area contributed by atoms with Crippen LogP contribution in [0, 0.1) is 6.92 Å². The van der Waals surface area contributed by atoms with E-state index in [1.165, 1.54) is 0 Å². The zero-order chi connectivity index (χ0) is 15.1. The molecule has 0 spiro atoms. The Hall–Kier alpha value is -2.83. The van der Waals surface area contributed by atoms with Gasteiger partial charge in [0.15, 0.2) is 11.5 Å². The molecule has 22 heavy (non-hydrogen) atoms. The summed E-state index contributed by atoms with van der Waals surface area (Å²) in [6, 6.07) is 5.54. The molecule has 1 aromatic carbocycles. The highest BCUT2D eigenvalue weighted by Crippen LogP contribution is 2.36. The Bertz CT molecular complexity index is 837. The van der Waals surface area contributed by atoms with Crippen LogP contribution in [0.15, 0.2) is 28.8 Å². The quantitative estimate of drug-likeness (QED) is 0.740. The Labute approximate surface area is 126 Å². The number of fused-ring (bicyclic) bond motifs is 1. The van der Waals surface area contributed by atoms with Crippen molar-refractivity contribution in [1.29, 1.82) is 0 Å². The summed E-state index contributed by atoms with van der Waals surface area (Å²) >= 11 is 0. The molecule has 0 saturated heterocycles. The van der Waals surface area contributed by atoms with E-state index in [-0.39, 0.29) is 6.79 Å². The van der Waals surface area contributed by atoms with E-state index in [0.717, 1.165) is 29.1 Å². The SMILES string of the molecule is CCn1cc(-c2nnc(-c3ccc4c(c3)OCO4)o2)c(C)n1. The predicted molar refractivity (Wildman–Crippen MR) is 77.5 cm³/mol. The second-order valence-corrected chi connectivity index (χ2v) is 4.96. The second kappa shape index (κ2) is 4.87. The van der Waals surface area contributed by atoms with Gasteiger partial charge < -0.3 is 13.9 Å². The van der Waals surface area contributed by atoms with Gasteiger partial charge in [-0.3, -0.25) is 4.68 Å². The Kier molecular flexibility index (Phi) is 2.85. The molecule has 0 unspecified atom stereocenters. The first-order valence-electron chi connectivity index (χ1n) is 7.02. The number of hydrogen-bond donors (Lipinski definition) is 0. The lowest BCUT2D eigenvalue weighted by Gasteiger charge is -1.97. The van der Waals surface area contributed by atoms with E-state index in [1.54, 1.807) is 0 Å². The van der Waals surface area contributed by atoms with Crippen molar-refractivity contribution in [2.45, 2.75) is 20.4 Å². The molecule has 4 rings (SSSR count). The molecule has 0 bridgehead atoms. The van der Waals surface area contributed by atoms with Gasteiger partial charge in [-0.05, 0) is 32.0 Å². The lowest BCUT2D eigenvalue weighted by molar-refractivity contribution is 0.174. The zero-order valence-corrected chi connectivity index (χ0v) is 12.2. The fraction of sp³-hybridized carbons (Fsp3) is 0.267. The molecule has 0 atom stereocenters. The molecule has 0 fully saturated rings. The minimum atomic E-state index is 0.239. The Morgan fingerprint density at radius 1 is 1.14 bits per heavy atom. The molecule has 1 aliphatic heterocycles. The fourth-order valence-electron chi connectivity index (χ4n) is 2.37. The maximum Gasteiger partial charge on any atom is 0.251 e. The molecule has 0 aliphatic carbocycles. The van der Waals surface area contributed by atoms with Crippen LogP contribution in [0.2, 0.25) is 0 Å². The average molecular weight is 298 g/mol. The summed E-state index contributed by atoms with van der Waals surface area (Å²) < 4.78 is 18.3. The van der Waals surface area contributed by atoms with E-state index in [1.807, 2.05) is 42.9 Å². The van der Waals surface area contributed by atoms with Crippen LogP contribution in [0.25, 0.3) is 22.9 Å². The van der Waals surface area contributed by atoms with Crippen molar-refractivity contribution in [2.24, 2.45) is 0 Å². The number of nitrogens with zero attached hydrogens (tertiary/aromatic N) is 4. The van der Waals surface area contributed by atoms with Crippen molar-refractivity contribution in [3.8, 4) is 34.4 Å². The first-order chi connectivity index (χ1) is 10.7. The molecular weight excluding hydrogens is 284 g/mol. The van der Waals surface area contributed by atoms with Gasteiger partial charge in [0, 0.05) is 18.3 Å². The van der Waals surface area contributed by atoms with Crippen LogP contribution in [0.1, 0.15) is 12.6 Å². The van der Waals surface area contributed by atoms with Crippen LogP contribution in [-0.4, -0.2) is 26.8 Å². The number of hydrogen-bond acceptors (Lipinski definition) is 6. The Morgan fingerprint density at radius 3 is 2.77 bits per heavy atom. The highest BCUT2D eigenvalue weighted by atomic mass is 16.7. The van der Waals surface area contributed by atoms with Gasteiger partial charge in [-0.1, -0.05) is 0 Å². The van der Waals surface area contributed by atoms with Crippen LogP contribution in [0.5, 0.6) is 11.5 Å². The summed E-state index contributed by atoms with van der Waals surface area (Å²) in [6.45, 7) is 4.99. The summed E-state index contributed by atoms with van der Waals surface area (Å²) in [4.78, 5) is 0. The molecule has 0 amide bonds. The Balaban J connectivity index is 1.70. The van der Waals surface area contributed by atoms with E-state index in [4.69, 9.17) is 13.9 Å². The molecule has 2 aromatic heterocycles. The van der Waals surface area contributed by atoms with E-state index >= 15 is 0 Å². The lowest BCUT2D eigenvalue weighted by atomic mass is 10.2. The normalized spacial score (nSPS) is 12.8. The van der Waals surface area contributed by atoms with Gasteiger partial charge in [-0.15, -0.1) is 10.2 Å². The molecule has 0 saturated carbocycles. The average Bonchev–Trinajstić information content (AvgIpc) is 3.24. The molecule has 3 aromatic rings. The van der Waals surface area contributed by atoms with Crippen LogP contribution in [0.4, 0.5) is 0 Å². The molecular formula is C15H14N4O3. The summed E-state index contributed by atoms with van der Waals surface area (Å²) in [5, 5.41) is 12.6. The van der Waals surface area contributed by atoms with Gasteiger partial charge in [-0.2, -0.15) is 5.10 Å². The van der Waals surface area contributed by atoms with Crippen molar-refractivity contribution >= 4 is 0 Å². The standard InChI is InChI=1S/C15H14N4O3/c1-3-19-7-11(9(2)18-19)15-17-16-14(22-15)10-4-5-12-13(6-10)21-8-20-12/h4-7H,3,8H2,1-2H3. The van der Waals surface area contributed by atoms with Gasteiger partial charge in [0.2, 0.25) is 12.7 Å². The maximum atomic E-state index is 5.78. The van der Waals surface area contributed by atoms with Gasteiger partial charge in [-0.25, -0.2) is 0 Å². The second-order valence-electron chi connectivity index (χ2n) is 4.96. The molecule has 0 N–H and O–H groups in total. The number of aryl methyl sites for hydroxylation is 2. The minimum absolute atomic E-state index is 0.239. The van der Waals surface area contributed by atoms with E-state index < -0.39 is 0 Å². The Morgan fingerprint density at radius 2 is 1.95 bits per heavy atom. The molecule has 3 heterocycles. The van der Waals surface area contributed by atoms with Crippen molar-refractivity contribution in [3.63, 3.8) is 0 Å². The highest BCUT2D eigenvalue weighted by molar-refractivity contribution is 5.62. The van der Waals surface area contributed by atoms with E-state index in [9.17, 15) is 0 Å². The first kappa shape index (κ1) is 12.9. The van der Waals surface area contributed by atoms with Crippen LogP contribution >= 0.6 is 0 Å². The third kappa shape index (κ3) is 2.02. The third-order valence-corrected chi connectivity index (χ3v) is 3.55. The lowest BCUT2D eigenvalue weighted by Crippen LogP contribution is -1.93. The van der Waals surface area contributed by atoms with Crippen molar-refractivity contribution < 1.29 is 13.9 Å². The number of benzene rings is 1. The zero-order valence-electron chi connectivity index (χ0n) is 12.2. The van der Waals surface area contributed by atoms with E-state index in [0.29, 0.717) is 17.5 Å². The number of rotatable bonds is 3. The summed E-state index contributed by atoms with van der Waals surface area (Å²) in [5.41, 5.74) is 2.51. The smallest absolute Gasteiger partial charge is 0.251 e. The van der Waals surface area contributed by atoms with Crippen molar-refractivity contribution in [3.05, 3.63) is 30.1 Å². The largest absolute Gasteiger partial charge is 0.454 e. The fourth-order valence-corrected chi connectivity index (χ4v) is 2.37. The van der Waals surface area contributed by atoms with Crippen LogP contribution in [-0.2, 0) is 6.54 Å². The van der Waals surface area contributed by atoms with Crippen LogP contribution in [0.3, 0.4) is 0 Å². The third-order valence-electron chi connectivity index (χ3n) is 3.55. The molecule has 7 heteroatoms. The van der Waals surface area contributed by atoms with Gasteiger partial charge in [0.05, 0.1) is 11.3 Å². The predicted octanol–water partition coefficient (Wildman–Crippen LogP) is 2.66. The molecule has 0 radical (unpaired) electrons. The molecule has 112 valence electrons. The van der Waals surface area contributed by atoms with E-state index in [2.05, 4.69) is 15.3 Å². The van der Waals surface area contributed by atoms with Crippen LogP contribution < -0.4 is 9.47 Å².